The van der Waals surface area contributed by atoms with Crippen molar-refractivity contribution in [3.63, 3.8) is 0 Å². The van der Waals surface area contributed by atoms with Gasteiger partial charge in [0, 0.05) is 0 Å². The lowest BCUT2D eigenvalue weighted by molar-refractivity contribution is -0.130. The summed E-state index contributed by atoms with van der Waals surface area (Å²) in [5.74, 6) is -0.304. The van der Waals surface area contributed by atoms with Crippen LogP contribution in [0.25, 0.3) is 0 Å². The molecule has 0 aliphatic heterocycles. The standard InChI is InChI=1S/C6H10O3/c7-3-5(8)6(9)4-1-2-4/h4,6-7,9H,1-3H2. The van der Waals surface area contributed by atoms with Crippen molar-refractivity contribution in [1.82, 2.24) is 0 Å². The number of carbonyl (C=O) groups is 1. The first-order valence-electron chi connectivity index (χ1n) is 3.07. The summed E-state index contributed by atoms with van der Waals surface area (Å²) < 4.78 is 0. The largest absolute Gasteiger partial charge is 0.388 e. The van der Waals surface area contributed by atoms with Gasteiger partial charge < -0.3 is 10.2 Å². The highest BCUT2D eigenvalue weighted by atomic mass is 16.3. The van der Waals surface area contributed by atoms with Crippen LogP contribution in [0.3, 0.4) is 0 Å². The zero-order valence-electron chi connectivity index (χ0n) is 5.08. The van der Waals surface area contributed by atoms with Crippen LogP contribution < -0.4 is 0 Å². The third-order valence-electron chi connectivity index (χ3n) is 1.55. The van der Waals surface area contributed by atoms with Crippen molar-refractivity contribution in [3.05, 3.63) is 0 Å². The quantitative estimate of drug-likeness (QED) is 0.532. The number of aliphatic hydroxyl groups is 2. The summed E-state index contributed by atoms with van der Waals surface area (Å²) in [6.45, 7) is -0.530. The highest BCUT2D eigenvalue weighted by Crippen LogP contribution is 2.32. The van der Waals surface area contributed by atoms with Crippen LogP contribution >= 0.6 is 0 Å². The summed E-state index contributed by atoms with van der Waals surface area (Å²) in [6.07, 6.45) is 0.954. The molecule has 0 saturated heterocycles. The van der Waals surface area contributed by atoms with Crippen molar-refractivity contribution in [3.8, 4) is 0 Å². The molecule has 2 N–H and O–H groups in total. The number of hydrogen-bond donors (Lipinski definition) is 2. The molecule has 0 heterocycles. The van der Waals surface area contributed by atoms with Gasteiger partial charge in [-0.25, -0.2) is 0 Å². The molecule has 1 aliphatic rings. The van der Waals surface area contributed by atoms with E-state index in [1.165, 1.54) is 0 Å². The van der Waals surface area contributed by atoms with E-state index in [1.807, 2.05) is 0 Å². The molecule has 0 aromatic heterocycles. The van der Waals surface area contributed by atoms with E-state index in [4.69, 9.17) is 10.2 Å². The third kappa shape index (κ3) is 1.50. The summed E-state index contributed by atoms with van der Waals surface area (Å²) >= 11 is 0. The van der Waals surface area contributed by atoms with Gasteiger partial charge in [0.25, 0.3) is 0 Å². The zero-order chi connectivity index (χ0) is 6.85. The second kappa shape index (κ2) is 2.45. The maximum atomic E-state index is 10.5. The zero-order valence-corrected chi connectivity index (χ0v) is 5.08. The highest BCUT2D eigenvalue weighted by Gasteiger charge is 2.33. The number of aliphatic hydroxyl groups excluding tert-OH is 2. The van der Waals surface area contributed by atoms with Gasteiger partial charge in [-0.3, -0.25) is 4.79 Å². The van der Waals surface area contributed by atoms with Gasteiger partial charge >= 0.3 is 0 Å². The Morgan fingerprint density at radius 2 is 2.22 bits per heavy atom. The van der Waals surface area contributed by atoms with Gasteiger partial charge in [0.1, 0.15) is 12.7 Å². The molecule has 0 amide bonds. The van der Waals surface area contributed by atoms with E-state index in [9.17, 15) is 4.79 Å². The average Bonchev–Trinajstić information content (AvgIpc) is 2.66. The molecule has 0 aromatic rings. The third-order valence-corrected chi connectivity index (χ3v) is 1.55. The second-order valence-corrected chi connectivity index (χ2v) is 2.41. The van der Waals surface area contributed by atoms with Crippen molar-refractivity contribution in [1.29, 1.82) is 0 Å². The first-order chi connectivity index (χ1) is 4.25. The Kier molecular flexibility index (Phi) is 1.83. The van der Waals surface area contributed by atoms with Crippen LogP contribution in [0, 0.1) is 5.92 Å². The van der Waals surface area contributed by atoms with Crippen LogP contribution in [0.1, 0.15) is 12.8 Å². The Labute approximate surface area is 53.3 Å². The number of rotatable bonds is 3. The van der Waals surface area contributed by atoms with E-state index in [-0.39, 0.29) is 5.92 Å². The lowest BCUT2D eigenvalue weighted by Gasteiger charge is -2.02. The smallest absolute Gasteiger partial charge is 0.186 e. The fourth-order valence-corrected chi connectivity index (χ4v) is 0.768. The normalized spacial score (nSPS) is 21.6. The Bertz CT molecular complexity index is 117. The monoisotopic (exact) mass is 130 g/mol. The van der Waals surface area contributed by atoms with Crippen LogP contribution in [0.4, 0.5) is 0 Å². The lowest BCUT2D eigenvalue weighted by Crippen LogP contribution is -2.25. The molecule has 1 unspecified atom stereocenters. The van der Waals surface area contributed by atoms with Gasteiger partial charge in [-0.15, -0.1) is 0 Å². The summed E-state index contributed by atoms with van der Waals surface area (Å²) in [7, 11) is 0. The molecule has 1 aliphatic carbocycles. The van der Waals surface area contributed by atoms with Gasteiger partial charge in [0.15, 0.2) is 5.78 Å². The van der Waals surface area contributed by atoms with Crippen molar-refractivity contribution >= 4 is 5.78 Å². The van der Waals surface area contributed by atoms with Gasteiger partial charge in [-0.1, -0.05) is 0 Å². The predicted octanol–water partition coefficient (Wildman–Crippen LogP) is -0.681. The summed E-state index contributed by atoms with van der Waals surface area (Å²) in [6, 6.07) is 0. The van der Waals surface area contributed by atoms with Crippen LogP contribution in [-0.4, -0.2) is 28.7 Å². The number of Topliss-reactive ketones (excluding diaryl/α,β-unsaturated/α-hetero) is 1. The predicted molar refractivity (Wildman–Crippen MR) is 30.8 cm³/mol. The minimum atomic E-state index is -0.894. The minimum absolute atomic E-state index is 0.143. The fourth-order valence-electron chi connectivity index (χ4n) is 0.768. The molecule has 3 nitrogen and oxygen atoms in total. The molecule has 1 atom stereocenters. The van der Waals surface area contributed by atoms with E-state index >= 15 is 0 Å². The molecule has 9 heavy (non-hydrogen) atoms. The lowest BCUT2D eigenvalue weighted by atomic mass is 10.1. The summed E-state index contributed by atoms with van der Waals surface area (Å²) in [5.41, 5.74) is 0. The van der Waals surface area contributed by atoms with E-state index in [1.54, 1.807) is 0 Å². The van der Waals surface area contributed by atoms with E-state index in [0.717, 1.165) is 12.8 Å². The molecule has 0 bridgehead atoms. The van der Waals surface area contributed by atoms with Crippen molar-refractivity contribution in [2.75, 3.05) is 6.61 Å². The summed E-state index contributed by atoms with van der Waals surface area (Å²) in [4.78, 5) is 10.5. The van der Waals surface area contributed by atoms with Crippen LogP contribution in [0.15, 0.2) is 0 Å². The van der Waals surface area contributed by atoms with E-state index < -0.39 is 18.5 Å². The SMILES string of the molecule is O=C(CO)C(O)C1CC1. The summed E-state index contributed by atoms with van der Waals surface area (Å²) in [5, 5.41) is 17.2. The van der Waals surface area contributed by atoms with Crippen molar-refractivity contribution < 1.29 is 15.0 Å². The molecule has 0 aromatic carbocycles. The van der Waals surface area contributed by atoms with Gasteiger partial charge in [-0.05, 0) is 18.8 Å². The topological polar surface area (TPSA) is 57.5 Å². The van der Waals surface area contributed by atoms with Crippen LogP contribution in [0.5, 0.6) is 0 Å². The highest BCUT2D eigenvalue weighted by molar-refractivity contribution is 5.84. The van der Waals surface area contributed by atoms with Crippen molar-refractivity contribution in [2.45, 2.75) is 18.9 Å². The van der Waals surface area contributed by atoms with Gasteiger partial charge in [0.2, 0.25) is 0 Å². The fraction of sp³-hybridized carbons (Fsp3) is 0.833. The molecule has 1 rings (SSSR count). The minimum Gasteiger partial charge on any atom is -0.388 e. The molecule has 1 saturated carbocycles. The number of hydrogen-bond acceptors (Lipinski definition) is 3. The Morgan fingerprint density at radius 1 is 1.67 bits per heavy atom. The average molecular weight is 130 g/mol. The number of ketones is 1. The molecule has 0 spiro atoms. The second-order valence-electron chi connectivity index (χ2n) is 2.41. The van der Waals surface area contributed by atoms with E-state index in [2.05, 4.69) is 0 Å². The molecular formula is C6H10O3. The molecule has 52 valence electrons. The van der Waals surface area contributed by atoms with Crippen LogP contribution in [-0.2, 0) is 4.79 Å². The Hall–Kier alpha value is -0.410. The van der Waals surface area contributed by atoms with Gasteiger partial charge in [0.05, 0.1) is 0 Å². The van der Waals surface area contributed by atoms with Crippen LogP contribution in [0.2, 0.25) is 0 Å². The molecule has 1 fully saturated rings. The van der Waals surface area contributed by atoms with Gasteiger partial charge in [-0.2, -0.15) is 0 Å². The first-order valence-corrected chi connectivity index (χ1v) is 3.07. The molecule has 3 heteroatoms. The Balaban J connectivity index is 2.30. The maximum Gasteiger partial charge on any atom is 0.186 e. The number of carbonyl (C=O) groups excluding carboxylic acids is 1. The molecular weight excluding hydrogens is 120 g/mol. The van der Waals surface area contributed by atoms with Crippen molar-refractivity contribution in [2.24, 2.45) is 5.92 Å². The maximum absolute atomic E-state index is 10.5. The molecule has 0 radical (unpaired) electrons. The van der Waals surface area contributed by atoms with E-state index in [0.29, 0.717) is 0 Å². The Morgan fingerprint density at radius 3 is 2.56 bits per heavy atom. The first kappa shape index (κ1) is 6.71.